The zero-order chi connectivity index (χ0) is 16.8. The molecule has 1 aromatic carbocycles. The molecule has 0 radical (unpaired) electrons. The molecule has 1 amide bonds. The number of aromatic nitrogens is 1. The van der Waals surface area contributed by atoms with Gasteiger partial charge >= 0.3 is 6.09 Å². The van der Waals surface area contributed by atoms with Gasteiger partial charge in [0.25, 0.3) is 0 Å². The Balaban J connectivity index is 1.53. The van der Waals surface area contributed by atoms with Crippen LogP contribution in [0.4, 0.5) is 4.79 Å². The molecule has 0 saturated heterocycles. The Hall–Kier alpha value is -2.62. The molecule has 0 fully saturated rings. The standard InChI is InChI=1S/C20H22N2O2/c23-20(24)22-13-11-17(12-14-22)18-9-10-19(21-15-18)8-4-7-16-5-2-1-3-6-16/h1-3,5-6,9-11,15H,4,7-8,12-14H2,(H,23,24). The van der Waals surface area contributed by atoms with E-state index >= 15 is 0 Å². The Kier molecular flexibility index (Phi) is 5.26. The molecule has 1 N–H and O–H groups in total. The van der Waals surface area contributed by atoms with Gasteiger partial charge in [0.2, 0.25) is 0 Å². The van der Waals surface area contributed by atoms with Crippen molar-refractivity contribution in [3.05, 3.63) is 71.6 Å². The summed E-state index contributed by atoms with van der Waals surface area (Å²) in [6.07, 6.45) is 6.94. The van der Waals surface area contributed by atoms with Gasteiger partial charge in [-0.3, -0.25) is 4.98 Å². The number of benzene rings is 1. The molecule has 1 aliphatic heterocycles. The summed E-state index contributed by atoms with van der Waals surface area (Å²) in [5.74, 6) is 0. The maximum Gasteiger partial charge on any atom is 0.407 e. The van der Waals surface area contributed by atoms with Crippen molar-refractivity contribution in [2.45, 2.75) is 25.7 Å². The highest BCUT2D eigenvalue weighted by atomic mass is 16.4. The minimum absolute atomic E-state index is 0.462. The lowest BCUT2D eigenvalue weighted by molar-refractivity contribution is 0.150. The first kappa shape index (κ1) is 16.2. The molecule has 0 bridgehead atoms. The van der Waals surface area contributed by atoms with Gasteiger partial charge in [-0.15, -0.1) is 0 Å². The number of aryl methyl sites for hydroxylation is 2. The van der Waals surface area contributed by atoms with Crippen molar-refractivity contribution in [2.75, 3.05) is 13.1 Å². The molecule has 2 aromatic rings. The Labute approximate surface area is 142 Å². The molecular formula is C20H22N2O2. The average Bonchev–Trinajstić information content (AvgIpc) is 2.63. The van der Waals surface area contributed by atoms with Crippen LogP contribution < -0.4 is 0 Å². The summed E-state index contributed by atoms with van der Waals surface area (Å²) >= 11 is 0. The summed E-state index contributed by atoms with van der Waals surface area (Å²) < 4.78 is 0. The maximum atomic E-state index is 10.9. The van der Waals surface area contributed by atoms with E-state index in [0.717, 1.165) is 36.9 Å². The minimum atomic E-state index is -0.850. The second-order valence-electron chi connectivity index (χ2n) is 6.09. The summed E-state index contributed by atoms with van der Waals surface area (Å²) in [5, 5.41) is 8.98. The normalized spacial score (nSPS) is 14.3. The molecule has 124 valence electrons. The van der Waals surface area contributed by atoms with Gasteiger partial charge in [-0.1, -0.05) is 42.5 Å². The van der Waals surface area contributed by atoms with Crippen LogP contribution in [0.1, 0.15) is 29.7 Å². The number of pyridine rings is 1. The van der Waals surface area contributed by atoms with Crippen LogP contribution in [0.2, 0.25) is 0 Å². The zero-order valence-corrected chi connectivity index (χ0v) is 13.7. The Morgan fingerprint density at radius 3 is 2.58 bits per heavy atom. The molecular weight excluding hydrogens is 300 g/mol. The van der Waals surface area contributed by atoms with Crippen molar-refractivity contribution in [1.29, 1.82) is 0 Å². The molecule has 0 aliphatic carbocycles. The van der Waals surface area contributed by atoms with Crippen molar-refractivity contribution in [3.8, 4) is 0 Å². The highest BCUT2D eigenvalue weighted by Gasteiger charge is 2.16. The van der Waals surface area contributed by atoms with E-state index in [2.05, 4.69) is 41.4 Å². The van der Waals surface area contributed by atoms with Gasteiger partial charge in [-0.2, -0.15) is 0 Å². The topological polar surface area (TPSA) is 53.4 Å². The number of hydrogen-bond donors (Lipinski definition) is 1. The van der Waals surface area contributed by atoms with Crippen LogP contribution in [0.5, 0.6) is 0 Å². The maximum absolute atomic E-state index is 10.9. The minimum Gasteiger partial charge on any atom is -0.465 e. The molecule has 0 saturated carbocycles. The summed E-state index contributed by atoms with van der Waals surface area (Å²) in [4.78, 5) is 16.9. The highest BCUT2D eigenvalue weighted by Crippen LogP contribution is 2.22. The van der Waals surface area contributed by atoms with Gasteiger partial charge in [-0.25, -0.2) is 4.79 Å². The number of carboxylic acid groups (broad SMARTS) is 1. The predicted octanol–water partition coefficient (Wildman–Crippen LogP) is 4.02. The SMILES string of the molecule is O=C(O)N1CC=C(c2ccc(CCCc3ccccc3)nc2)CC1. The molecule has 1 aromatic heterocycles. The first-order valence-corrected chi connectivity index (χ1v) is 8.38. The second-order valence-corrected chi connectivity index (χ2v) is 6.09. The van der Waals surface area contributed by atoms with Crippen molar-refractivity contribution in [3.63, 3.8) is 0 Å². The van der Waals surface area contributed by atoms with Gasteiger partial charge in [0.05, 0.1) is 0 Å². The monoisotopic (exact) mass is 322 g/mol. The van der Waals surface area contributed by atoms with Gasteiger partial charge < -0.3 is 10.0 Å². The van der Waals surface area contributed by atoms with Crippen LogP contribution >= 0.6 is 0 Å². The van der Waals surface area contributed by atoms with E-state index in [1.165, 1.54) is 16.0 Å². The van der Waals surface area contributed by atoms with Crippen LogP contribution in [-0.4, -0.2) is 34.2 Å². The van der Waals surface area contributed by atoms with Gasteiger partial charge in [0.1, 0.15) is 0 Å². The highest BCUT2D eigenvalue weighted by molar-refractivity contribution is 5.70. The molecule has 1 aliphatic rings. The van der Waals surface area contributed by atoms with Crippen molar-refractivity contribution in [2.24, 2.45) is 0 Å². The summed E-state index contributed by atoms with van der Waals surface area (Å²) in [6, 6.07) is 14.7. The first-order chi connectivity index (χ1) is 11.7. The number of carbonyl (C=O) groups is 1. The number of rotatable bonds is 5. The largest absolute Gasteiger partial charge is 0.465 e. The lowest BCUT2D eigenvalue weighted by atomic mass is 10.0. The van der Waals surface area contributed by atoms with Crippen LogP contribution in [0.25, 0.3) is 5.57 Å². The fraction of sp³-hybridized carbons (Fsp3) is 0.300. The average molecular weight is 322 g/mol. The summed E-state index contributed by atoms with van der Waals surface area (Å²) in [7, 11) is 0. The predicted molar refractivity (Wildman–Crippen MR) is 94.9 cm³/mol. The summed E-state index contributed by atoms with van der Waals surface area (Å²) in [6.45, 7) is 1.02. The molecule has 3 rings (SSSR count). The molecule has 2 heterocycles. The van der Waals surface area contributed by atoms with Crippen molar-refractivity contribution >= 4 is 11.7 Å². The third-order valence-corrected chi connectivity index (χ3v) is 4.42. The van der Waals surface area contributed by atoms with Gasteiger partial charge in [-0.05, 0) is 48.4 Å². The summed E-state index contributed by atoms with van der Waals surface area (Å²) in [5.41, 5.74) is 4.77. The Bertz CT molecular complexity index is 708. The van der Waals surface area contributed by atoms with Gasteiger partial charge in [0, 0.05) is 25.0 Å². The van der Waals surface area contributed by atoms with E-state index < -0.39 is 6.09 Å². The fourth-order valence-corrected chi connectivity index (χ4v) is 2.99. The molecule has 0 unspecified atom stereocenters. The van der Waals surface area contributed by atoms with E-state index in [1.54, 1.807) is 0 Å². The van der Waals surface area contributed by atoms with Crippen LogP contribution in [-0.2, 0) is 12.8 Å². The second kappa shape index (κ2) is 7.77. The van der Waals surface area contributed by atoms with E-state index in [0.29, 0.717) is 13.1 Å². The lowest BCUT2D eigenvalue weighted by Gasteiger charge is -2.23. The Morgan fingerprint density at radius 2 is 1.96 bits per heavy atom. The molecule has 4 nitrogen and oxygen atoms in total. The van der Waals surface area contributed by atoms with E-state index in [9.17, 15) is 4.79 Å². The lowest BCUT2D eigenvalue weighted by Crippen LogP contribution is -2.33. The van der Waals surface area contributed by atoms with E-state index in [-0.39, 0.29) is 0 Å². The number of hydrogen-bond acceptors (Lipinski definition) is 2. The van der Waals surface area contributed by atoms with Gasteiger partial charge in [0.15, 0.2) is 0 Å². The molecule has 0 atom stereocenters. The van der Waals surface area contributed by atoms with Crippen molar-refractivity contribution in [1.82, 2.24) is 9.88 Å². The number of nitrogens with zero attached hydrogens (tertiary/aromatic N) is 2. The molecule has 0 spiro atoms. The third-order valence-electron chi connectivity index (χ3n) is 4.42. The molecule has 24 heavy (non-hydrogen) atoms. The van der Waals surface area contributed by atoms with Crippen LogP contribution in [0.3, 0.4) is 0 Å². The van der Waals surface area contributed by atoms with Crippen LogP contribution in [0.15, 0.2) is 54.7 Å². The zero-order valence-electron chi connectivity index (χ0n) is 13.7. The number of amides is 1. The molecule has 4 heteroatoms. The first-order valence-electron chi connectivity index (χ1n) is 8.38. The van der Waals surface area contributed by atoms with E-state index in [1.807, 2.05) is 18.3 Å². The smallest absolute Gasteiger partial charge is 0.407 e. The van der Waals surface area contributed by atoms with Crippen LogP contribution in [0, 0.1) is 0 Å². The Morgan fingerprint density at radius 1 is 1.12 bits per heavy atom. The van der Waals surface area contributed by atoms with E-state index in [4.69, 9.17) is 5.11 Å². The van der Waals surface area contributed by atoms with Crippen molar-refractivity contribution < 1.29 is 9.90 Å². The quantitative estimate of drug-likeness (QED) is 0.904. The third kappa shape index (κ3) is 4.22. The fourth-order valence-electron chi connectivity index (χ4n) is 2.99.